The van der Waals surface area contributed by atoms with Crippen molar-refractivity contribution in [3.63, 3.8) is 0 Å². The highest BCUT2D eigenvalue weighted by atomic mass is 19.4. The summed E-state index contributed by atoms with van der Waals surface area (Å²) < 4.78 is 40.3. The lowest BCUT2D eigenvalue weighted by Gasteiger charge is -2.14. The van der Waals surface area contributed by atoms with E-state index in [0.717, 1.165) is 35.3 Å². The van der Waals surface area contributed by atoms with Crippen molar-refractivity contribution in [3.05, 3.63) is 74.9 Å². The van der Waals surface area contributed by atoms with Crippen LogP contribution in [0, 0.1) is 0 Å². The van der Waals surface area contributed by atoms with E-state index in [-0.39, 0.29) is 18.8 Å². The minimum Gasteiger partial charge on any atom is -0.325 e. The number of hydrogen-bond acceptors (Lipinski definition) is 3. The third-order valence-corrected chi connectivity index (χ3v) is 4.67. The summed E-state index contributed by atoms with van der Waals surface area (Å²) in [6.07, 6.45) is -3.06. The molecule has 0 aliphatic heterocycles. The van der Waals surface area contributed by atoms with Crippen LogP contribution < -0.4 is 16.6 Å². The van der Waals surface area contributed by atoms with Crippen molar-refractivity contribution < 1.29 is 18.0 Å². The summed E-state index contributed by atoms with van der Waals surface area (Å²) in [5, 5.41) is 2.80. The van der Waals surface area contributed by atoms with E-state index in [0.29, 0.717) is 17.3 Å². The average molecular weight is 419 g/mol. The molecule has 0 aliphatic carbocycles. The summed E-state index contributed by atoms with van der Waals surface area (Å²) >= 11 is 0. The molecule has 0 fully saturated rings. The maximum atomic E-state index is 12.9. The van der Waals surface area contributed by atoms with E-state index in [2.05, 4.69) is 5.32 Å². The zero-order valence-electron chi connectivity index (χ0n) is 16.2. The lowest BCUT2D eigenvalue weighted by Crippen LogP contribution is -2.41. The SMILES string of the molecule is CCCCn1c(=O)c2ccccc2n(CC(=O)Nc2ccc(C(F)(F)F)cc2)c1=O. The number of aromatic nitrogens is 2. The summed E-state index contributed by atoms with van der Waals surface area (Å²) in [6, 6.07) is 10.5. The highest BCUT2D eigenvalue weighted by molar-refractivity contribution is 5.91. The zero-order chi connectivity index (χ0) is 21.9. The number of benzene rings is 2. The van der Waals surface area contributed by atoms with E-state index in [1.54, 1.807) is 24.3 Å². The number of rotatable bonds is 6. The maximum absolute atomic E-state index is 12.9. The Balaban J connectivity index is 1.92. The van der Waals surface area contributed by atoms with Gasteiger partial charge in [0, 0.05) is 12.2 Å². The van der Waals surface area contributed by atoms with Crippen LogP contribution in [0.1, 0.15) is 25.3 Å². The molecule has 3 aromatic rings. The average Bonchev–Trinajstić information content (AvgIpc) is 2.71. The standard InChI is InChI=1S/C21H20F3N3O3/c1-2-3-12-26-19(29)16-6-4-5-7-17(16)27(20(26)30)13-18(28)25-15-10-8-14(9-11-15)21(22,23)24/h4-11H,2-3,12-13H2,1H3,(H,25,28). The number of nitrogens with one attached hydrogen (secondary N) is 1. The second-order valence-electron chi connectivity index (χ2n) is 6.82. The Bertz CT molecular complexity index is 1180. The highest BCUT2D eigenvalue weighted by Gasteiger charge is 2.30. The number of nitrogens with zero attached hydrogens (tertiary/aromatic N) is 2. The monoisotopic (exact) mass is 419 g/mol. The van der Waals surface area contributed by atoms with Crippen molar-refractivity contribution in [2.75, 3.05) is 5.32 Å². The van der Waals surface area contributed by atoms with Gasteiger partial charge in [-0.15, -0.1) is 0 Å². The first-order valence-corrected chi connectivity index (χ1v) is 9.42. The van der Waals surface area contributed by atoms with Gasteiger partial charge < -0.3 is 5.32 Å². The van der Waals surface area contributed by atoms with Gasteiger partial charge in [-0.05, 0) is 42.8 Å². The van der Waals surface area contributed by atoms with Gasteiger partial charge in [0.25, 0.3) is 5.56 Å². The van der Waals surface area contributed by atoms with Crippen LogP contribution in [0.25, 0.3) is 10.9 Å². The van der Waals surface area contributed by atoms with Crippen LogP contribution in [-0.2, 0) is 24.1 Å². The number of unbranched alkanes of at least 4 members (excludes halogenated alkanes) is 1. The van der Waals surface area contributed by atoms with Crippen LogP contribution in [0.15, 0.2) is 58.1 Å². The van der Waals surface area contributed by atoms with Crippen LogP contribution in [0.4, 0.5) is 18.9 Å². The van der Waals surface area contributed by atoms with Gasteiger partial charge in [0.05, 0.1) is 16.5 Å². The smallest absolute Gasteiger partial charge is 0.325 e. The summed E-state index contributed by atoms with van der Waals surface area (Å²) in [5.41, 5.74) is -1.35. The fraction of sp³-hybridized carbons (Fsp3) is 0.286. The number of carbonyl (C=O) groups excluding carboxylic acids is 1. The fourth-order valence-corrected chi connectivity index (χ4v) is 3.12. The van der Waals surface area contributed by atoms with Gasteiger partial charge in [-0.3, -0.25) is 18.7 Å². The molecule has 1 aromatic heterocycles. The molecule has 9 heteroatoms. The number of carbonyl (C=O) groups is 1. The quantitative estimate of drug-likeness (QED) is 0.663. The van der Waals surface area contributed by atoms with Crippen molar-refractivity contribution >= 4 is 22.5 Å². The Labute approximate surface area is 169 Å². The molecule has 0 bridgehead atoms. The Morgan fingerprint density at radius 2 is 1.67 bits per heavy atom. The Morgan fingerprint density at radius 3 is 2.30 bits per heavy atom. The molecule has 0 atom stereocenters. The predicted molar refractivity (Wildman–Crippen MR) is 107 cm³/mol. The molecule has 1 N–H and O–H groups in total. The van der Waals surface area contributed by atoms with Crippen molar-refractivity contribution in [1.82, 2.24) is 9.13 Å². The van der Waals surface area contributed by atoms with Gasteiger partial charge in [0.2, 0.25) is 5.91 Å². The molecule has 0 radical (unpaired) electrons. The van der Waals surface area contributed by atoms with Crippen molar-refractivity contribution in [2.45, 2.75) is 39.0 Å². The van der Waals surface area contributed by atoms with Crippen LogP contribution in [-0.4, -0.2) is 15.0 Å². The minimum atomic E-state index is -4.47. The molecule has 158 valence electrons. The van der Waals surface area contributed by atoms with Crippen LogP contribution in [0.2, 0.25) is 0 Å². The van der Waals surface area contributed by atoms with Gasteiger partial charge >= 0.3 is 11.9 Å². The molecule has 6 nitrogen and oxygen atoms in total. The third-order valence-electron chi connectivity index (χ3n) is 4.67. The van der Waals surface area contributed by atoms with E-state index in [9.17, 15) is 27.6 Å². The first-order valence-electron chi connectivity index (χ1n) is 9.42. The lowest BCUT2D eigenvalue weighted by molar-refractivity contribution is -0.137. The fourth-order valence-electron chi connectivity index (χ4n) is 3.12. The van der Waals surface area contributed by atoms with E-state index in [1.807, 2.05) is 6.92 Å². The second kappa shape index (κ2) is 8.56. The first-order chi connectivity index (χ1) is 14.2. The van der Waals surface area contributed by atoms with Crippen LogP contribution in [0.5, 0.6) is 0 Å². The molecule has 3 rings (SSSR count). The van der Waals surface area contributed by atoms with Crippen molar-refractivity contribution in [2.24, 2.45) is 0 Å². The van der Waals surface area contributed by atoms with Crippen molar-refractivity contribution in [3.8, 4) is 0 Å². The summed E-state index contributed by atoms with van der Waals surface area (Å²) in [6.45, 7) is 1.79. The highest BCUT2D eigenvalue weighted by Crippen LogP contribution is 2.29. The molecule has 0 spiro atoms. The van der Waals surface area contributed by atoms with Gasteiger partial charge in [0.1, 0.15) is 6.54 Å². The molecule has 2 aromatic carbocycles. The Hall–Kier alpha value is -3.36. The summed E-state index contributed by atoms with van der Waals surface area (Å²) in [4.78, 5) is 38.0. The molecule has 0 aliphatic rings. The molecule has 30 heavy (non-hydrogen) atoms. The Morgan fingerprint density at radius 1 is 1.00 bits per heavy atom. The van der Waals surface area contributed by atoms with Gasteiger partial charge in [-0.1, -0.05) is 25.5 Å². The number of amides is 1. The van der Waals surface area contributed by atoms with Crippen LogP contribution >= 0.6 is 0 Å². The van der Waals surface area contributed by atoms with E-state index in [1.165, 1.54) is 4.57 Å². The first kappa shape index (κ1) is 21.4. The molecule has 1 amide bonds. The number of para-hydroxylation sites is 1. The van der Waals surface area contributed by atoms with Gasteiger partial charge in [-0.25, -0.2) is 4.79 Å². The topological polar surface area (TPSA) is 73.1 Å². The number of hydrogen-bond donors (Lipinski definition) is 1. The minimum absolute atomic E-state index is 0.171. The van der Waals surface area contributed by atoms with Gasteiger partial charge in [-0.2, -0.15) is 13.2 Å². The van der Waals surface area contributed by atoms with Crippen LogP contribution in [0.3, 0.4) is 0 Å². The van der Waals surface area contributed by atoms with Gasteiger partial charge in [0.15, 0.2) is 0 Å². The largest absolute Gasteiger partial charge is 0.416 e. The normalized spacial score (nSPS) is 11.6. The number of fused-ring (bicyclic) bond motifs is 1. The Kier molecular flexibility index (Phi) is 6.09. The van der Waals surface area contributed by atoms with E-state index in [4.69, 9.17) is 0 Å². The van der Waals surface area contributed by atoms with E-state index < -0.39 is 28.9 Å². The molecule has 1 heterocycles. The zero-order valence-corrected chi connectivity index (χ0v) is 16.2. The molecule has 0 saturated heterocycles. The number of anilines is 1. The molecular formula is C21H20F3N3O3. The summed E-state index contributed by atoms with van der Waals surface area (Å²) in [5.74, 6) is -0.595. The second-order valence-corrected chi connectivity index (χ2v) is 6.82. The summed E-state index contributed by atoms with van der Waals surface area (Å²) in [7, 11) is 0. The third kappa shape index (κ3) is 4.45. The molecule has 0 unspecified atom stereocenters. The lowest BCUT2D eigenvalue weighted by atomic mass is 10.2. The predicted octanol–water partition coefficient (Wildman–Crippen LogP) is 3.62. The molecular weight excluding hydrogens is 399 g/mol. The number of halogens is 3. The maximum Gasteiger partial charge on any atom is 0.416 e. The molecule has 0 saturated carbocycles. The van der Waals surface area contributed by atoms with E-state index >= 15 is 0 Å². The van der Waals surface area contributed by atoms with Crippen molar-refractivity contribution in [1.29, 1.82) is 0 Å². The number of alkyl halides is 3.